The van der Waals surface area contributed by atoms with E-state index in [1.54, 1.807) is 0 Å². The predicted octanol–water partition coefficient (Wildman–Crippen LogP) is 0.487. The summed E-state index contributed by atoms with van der Waals surface area (Å²) in [6.45, 7) is 2.09. The Morgan fingerprint density at radius 1 is 1.05 bits per heavy atom. The summed E-state index contributed by atoms with van der Waals surface area (Å²) in [7, 11) is 0. The molecule has 0 heterocycles. The van der Waals surface area contributed by atoms with Crippen LogP contribution >= 0.6 is 0 Å². The molecular weight excluding hydrogens is 328 g/mol. The third kappa shape index (κ3) is 7.71. The summed E-state index contributed by atoms with van der Waals surface area (Å²) in [6, 6.07) is 0. The van der Waals surface area contributed by atoms with E-state index in [0.717, 1.165) is 32.1 Å². The van der Waals surface area contributed by atoms with Crippen LogP contribution in [0.3, 0.4) is 0 Å². The van der Waals surface area contributed by atoms with Crippen molar-refractivity contribution in [3.8, 4) is 0 Å². The molecule has 2 aliphatic carbocycles. The Hall–Kier alpha value is -0.372. The van der Waals surface area contributed by atoms with E-state index in [9.17, 15) is 19.8 Å². The van der Waals surface area contributed by atoms with Crippen molar-refractivity contribution in [3.63, 3.8) is 0 Å². The second kappa shape index (κ2) is 9.52. The van der Waals surface area contributed by atoms with Crippen LogP contribution in [-0.2, 0) is 30.7 Å². The van der Waals surface area contributed by atoms with Gasteiger partial charge in [0.25, 0.3) is 0 Å². The minimum absolute atomic E-state index is 0. The molecule has 0 amide bonds. The van der Waals surface area contributed by atoms with Gasteiger partial charge < -0.3 is 19.8 Å². The summed E-state index contributed by atoms with van der Waals surface area (Å²) < 4.78 is 0. The molecule has 0 saturated heterocycles. The van der Waals surface area contributed by atoms with Gasteiger partial charge in [0.05, 0.1) is 0 Å². The first kappa shape index (κ1) is 18.6. The molecule has 0 spiro atoms. The zero-order valence-electron chi connectivity index (χ0n) is 11.4. The monoisotopic (exact) mass is 352 g/mol. The van der Waals surface area contributed by atoms with Gasteiger partial charge in [0.2, 0.25) is 0 Å². The zero-order chi connectivity index (χ0) is 13.5. The third-order valence-corrected chi connectivity index (χ3v) is 3.96. The van der Waals surface area contributed by atoms with Crippen molar-refractivity contribution in [2.45, 2.75) is 58.3 Å². The van der Waals surface area contributed by atoms with Gasteiger partial charge >= 0.3 is 21.1 Å². The molecule has 0 aromatic rings. The molecular formula is C14H22MoO4. The standard InChI is InChI=1S/2C7H12O2.Mo/c1-5-2-3-6(4-5)7(8)9;8-7(9)5-6-3-1-2-4-6;/h5-6H,2-4H2,1H3,(H,8,9);6H,1-5H2,(H,8,9);/q;;+2/p-2. The van der Waals surface area contributed by atoms with Crippen LogP contribution in [0.5, 0.6) is 0 Å². The van der Waals surface area contributed by atoms with E-state index in [1.807, 2.05) is 0 Å². The van der Waals surface area contributed by atoms with Crippen molar-refractivity contribution in [2.75, 3.05) is 0 Å². The molecule has 0 aromatic heterocycles. The molecule has 108 valence electrons. The molecule has 2 fully saturated rings. The van der Waals surface area contributed by atoms with Gasteiger partial charge in [0.1, 0.15) is 0 Å². The predicted molar refractivity (Wildman–Crippen MR) is 63.1 cm³/mol. The summed E-state index contributed by atoms with van der Waals surface area (Å²) in [5, 5.41) is 20.3. The van der Waals surface area contributed by atoms with Gasteiger partial charge in [0, 0.05) is 11.9 Å². The smallest absolute Gasteiger partial charge is 0.550 e. The Kier molecular flexibility index (Phi) is 9.33. The van der Waals surface area contributed by atoms with Crippen molar-refractivity contribution in [2.24, 2.45) is 17.8 Å². The van der Waals surface area contributed by atoms with E-state index in [4.69, 9.17) is 0 Å². The van der Waals surface area contributed by atoms with Gasteiger partial charge in [-0.3, -0.25) is 0 Å². The van der Waals surface area contributed by atoms with Crippen LogP contribution in [0.15, 0.2) is 0 Å². The molecule has 2 saturated carbocycles. The van der Waals surface area contributed by atoms with Crippen LogP contribution in [0, 0.1) is 17.8 Å². The first-order valence-corrected chi connectivity index (χ1v) is 6.89. The van der Waals surface area contributed by atoms with E-state index in [1.165, 1.54) is 12.8 Å². The average Bonchev–Trinajstić information content (AvgIpc) is 2.89. The molecule has 19 heavy (non-hydrogen) atoms. The maximum Gasteiger partial charge on any atom is 2.00 e. The van der Waals surface area contributed by atoms with Gasteiger partial charge in [0.15, 0.2) is 0 Å². The molecule has 5 heteroatoms. The molecule has 0 aliphatic heterocycles. The second-order valence-corrected chi connectivity index (χ2v) is 5.66. The summed E-state index contributed by atoms with van der Waals surface area (Å²) in [4.78, 5) is 20.3. The van der Waals surface area contributed by atoms with Crippen molar-refractivity contribution in [3.05, 3.63) is 0 Å². The van der Waals surface area contributed by atoms with E-state index < -0.39 is 11.9 Å². The van der Waals surface area contributed by atoms with Gasteiger partial charge in [-0.25, -0.2) is 0 Å². The number of hydrogen-bond donors (Lipinski definition) is 0. The Morgan fingerprint density at radius 2 is 1.63 bits per heavy atom. The fourth-order valence-corrected chi connectivity index (χ4v) is 2.87. The molecule has 2 rings (SSSR count). The van der Waals surface area contributed by atoms with Crippen LogP contribution < -0.4 is 10.2 Å². The van der Waals surface area contributed by atoms with Crippen LogP contribution in [0.4, 0.5) is 0 Å². The quantitative estimate of drug-likeness (QED) is 0.694. The molecule has 2 aliphatic rings. The minimum Gasteiger partial charge on any atom is -0.550 e. The Morgan fingerprint density at radius 3 is 1.95 bits per heavy atom. The fourth-order valence-electron chi connectivity index (χ4n) is 2.87. The number of carbonyl (C=O) groups is 2. The largest absolute Gasteiger partial charge is 2.00 e. The minimum atomic E-state index is -0.887. The molecule has 0 aromatic carbocycles. The Labute approximate surface area is 129 Å². The Balaban J connectivity index is 0.000000324. The fraction of sp³-hybridized carbons (Fsp3) is 0.857. The second-order valence-electron chi connectivity index (χ2n) is 5.66. The number of carboxylic acid groups (broad SMARTS) is 2. The van der Waals surface area contributed by atoms with Crippen LogP contribution in [0.1, 0.15) is 58.3 Å². The Bertz CT molecular complexity index is 287. The number of hydrogen-bond acceptors (Lipinski definition) is 4. The molecule has 2 unspecified atom stereocenters. The molecule has 0 radical (unpaired) electrons. The topological polar surface area (TPSA) is 80.3 Å². The van der Waals surface area contributed by atoms with Crippen LogP contribution in [0.25, 0.3) is 0 Å². The summed E-state index contributed by atoms with van der Waals surface area (Å²) >= 11 is 0. The van der Waals surface area contributed by atoms with Gasteiger partial charge in [-0.15, -0.1) is 0 Å². The number of aliphatic carboxylic acids is 2. The van der Waals surface area contributed by atoms with Crippen LogP contribution in [0.2, 0.25) is 0 Å². The first-order valence-electron chi connectivity index (χ1n) is 6.89. The molecule has 2 atom stereocenters. The maximum absolute atomic E-state index is 10.2. The maximum atomic E-state index is 10.2. The van der Waals surface area contributed by atoms with Crippen molar-refractivity contribution < 1.29 is 40.9 Å². The summed E-state index contributed by atoms with van der Waals surface area (Å²) in [6.07, 6.45) is 7.57. The molecule has 0 bridgehead atoms. The van der Waals surface area contributed by atoms with Gasteiger partial charge in [-0.05, 0) is 37.0 Å². The summed E-state index contributed by atoms with van der Waals surface area (Å²) in [5.74, 6) is -0.885. The third-order valence-electron chi connectivity index (χ3n) is 3.96. The number of rotatable bonds is 3. The number of carbonyl (C=O) groups excluding carboxylic acids is 2. The van der Waals surface area contributed by atoms with E-state index in [0.29, 0.717) is 11.8 Å². The molecule has 4 nitrogen and oxygen atoms in total. The van der Waals surface area contributed by atoms with E-state index in [2.05, 4.69) is 6.92 Å². The van der Waals surface area contributed by atoms with Gasteiger partial charge in [-0.2, -0.15) is 0 Å². The van der Waals surface area contributed by atoms with Crippen molar-refractivity contribution >= 4 is 11.9 Å². The van der Waals surface area contributed by atoms with Gasteiger partial charge in [-0.1, -0.05) is 39.0 Å². The van der Waals surface area contributed by atoms with E-state index >= 15 is 0 Å². The first-order chi connectivity index (χ1) is 8.49. The zero-order valence-corrected chi connectivity index (χ0v) is 13.4. The SMILES string of the molecule is CC1CCC(C(=O)[O-])C1.O=C([O-])CC1CCCC1.[Mo+2]. The van der Waals surface area contributed by atoms with Crippen LogP contribution in [-0.4, -0.2) is 11.9 Å². The normalized spacial score (nSPS) is 26.2. The van der Waals surface area contributed by atoms with Crippen molar-refractivity contribution in [1.29, 1.82) is 0 Å². The number of carboxylic acids is 2. The molecule has 0 N–H and O–H groups in total. The van der Waals surface area contributed by atoms with Crippen molar-refractivity contribution in [1.82, 2.24) is 0 Å². The average molecular weight is 350 g/mol. The summed E-state index contributed by atoms with van der Waals surface area (Å²) in [5.41, 5.74) is 0. The van der Waals surface area contributed by atoms with E-state index in [-0.39, 0.29) is 33.4 Å².